The summed E-state index contributed by atoms with van der Waals surface area (Å²) in [6.07, 6.45) is 0. The van der Waals surface area contributed by atoms with E-state index >= 15 is 0 Å². The Labute approximate surface area is 111 Å². The van der Waals surface area contributed by atoms with Crippen molar-refractivity contribution < 1.29 is 9.59 Å². The maximum absolute atomic E-state index is 11.4. The number of carbonyl (C=O) groups is 2. The highest BCUT2D eigenvalue weighted by Gasteiger charge is 2.22. The molecule has 1 heterocycles. The van der Waals surface area contributed by atoms with Gasteiger partial charge in [-0.05, 0) is 16.3 Å². The van der Waals surface area contributed by atoms with Gasteiger partial charge in [0.05, 0.1) is 13.1 Å². The Kier molecular flexibility index (Phi) is 3.01. The van der Waals surface area contributed by atoms with Crippen LogP contribution in [0.25, 0.3) is 10.8 Å². The predicted molar refractivity (Wildman–Crippen MR) is 72.4 cm³/mol. The second kappa shape index (κ2) is 4.82. The average Bonchev–Trinajstić information content (AvgIpc) is 2.38. The number of hydrogen-bond donors (Lipinski definition) is 1. The Hall–Kier alpha value is -2.20. The van der Waals surface area contributed by atoms with Crippen molar-refractivity contribution in [1.82, 2.24) is 10.2 Å². The number of nitrogens with one attached hydrogen (secondary N) is 1. The van der Waals surface area contributed by atoms with E-state index in [1.165, 1.54) is 10.8 Å². The minimum atomic E-state index is -0.225. The van der Waals surface area contributed by atoms with Crippen LogP contribution in [-0.4, -0.2) is 29.8 Å². The van der Waals surface area contributed by atoms with Gasteiger partial charge in [-0.3, -0.25) is 19.8 Å². The van der Waals surface area contributed by atoms with Crippen LogP contribution >= 0.6 is 0 Å². The first-order valence-electron chi connectivity index (χ1n) is 6.24. The number of imide groups is 1. The van der Waals surface area contributed by atoms with E-state index in [4.69, 9.17) is 0 Å². The summed E-state index contributed by atoms with van der Waals surface area (Å²) in [7, 11) is 0. The number of carbonyl (C=O) groups excluding carboxylic acids is 2. The minimum Gasteiger partial charge on any atom is -0.294 e. The summed E-state index contributed by atoms with van der Waals surface area (Å²) < 4.78 is 0. The molecule has 0 aromatic heterocycles. The molecule has 0 radical (unpaired) electrons. The van der Waals surface area contributed by atoms with Crippen LogP contribution in [0.4, 0.5) is 0 Å². The van der Waals surface area contributed by atoms with Crippen molar-refractivity contribution >= 4 is 22.6 Å². The third-order valence-electron chi connectivity index (χ3n) is 3.29. The highest BCUT2D eigenvalue weighted by molar-refractivity contribution is 5.99. The fourth-order valence-electron chi connectivity index (χ4n) is 2.48. The molecule has 3 rings (SSSR count). The molecule has 0 unspecified atom stereocenters. The molecule has 2 amide bonds. The molecule has 1 saturated heterocycles. The number of amides is 2. The molecule has 1 aliphatic heterocycles. The standard InChI is InChI=1S/C15H14N2O2/c18-14-9-17(10-15(19)16-14)8-12-6-3-5-11-4-1-2-7-13(11)12/h1-7H,8-10H2,(H,16,18,19). The molecule has 1 N–H and O–H groups in total. The molecular formula is C15H14N2O2. The van der Waals surface area contributed by atoms with E-state index in [0.29, 0.717) is 6.54 Å². The van der Waals surface area contributed by atoms with Crippen molar-refractivity contribution in [2.24, 2.45) is 0 Å². The smallest absolute Gasteiger partial charge is 0.240 e. The highest BCUT2D eigenvalue weighted by atomic mass is 16.2. The Bertz CT molecular complexity index is 630. The summed E-state index contributed by atoms with van der Waals surface area (Å²) >= 11 is 0. The lowest BCUT2D eigenvalue weighted by Crippen LogP contribution is -2.50. The Morgan fingerprint density at radius 1 is 0.947 bits per heavy atom. The van der Waals surface area contributed by atoms with Crippen LogP contribution in [0, 0.1) is 0 Å². The van der Waals surface area contributed by atoms with Gasteiger partial charge in [-0.25, -0.2) is 0 Å². The van der Waals surface area contributed by atoms with Crippen molar-refractivity contribution in [3.8, 4) is 0 Å². The largest absolute Gasteiger partial charge is 0.294 e. The SMILES string of the molecule is O=C1CN(Cc2cccc3ccccc23)CC(=O)N1. The molecule has 0 atom stereocenters. The van der Waals surface area contributed by atoms with Gasteiger partial charge in [0.2, 0.25) is 11.8 Å². The van der Waals surface area contributed by atoms with Crippen molar-refractivity contribution in [3.05, 3.63) is 48.0 Å². The molecule has 2 aromatic carbocycles. The van der Waals surface area contributed by atoms with Crippen molar-refractivity contribution in [2.45, 2.75) is 6.54 Å². The highest BCUT2D eigenvalue weighted by Crippen LogP contribution is 2.20. The van der Waals surface area contributed by atoms with Gasteiger partial charge < -0.3 is 0 Å². The zero-order valence-corrected chi connectivity index (χ0v) is 10.4. The number of rotatable bonds is 2. The van der Waals surface area contributed by atoms with E-state index in [9.17, 15) is 9.59 Å². The minimum absolute atomic E-state index is 0.225. The topological polar surface area (TPSA) is 49.4 Å². The van der Waals surface area contributed by atoms with E-state index in [1.807, 2.05) is 29.2 Å². The summed E-state index contributed by atoms with van der Waals surface area (Å²) in [6, 6.07) is 14.2. The molecule has 0 spiro atoms. The maximum Gasteiger partial charge on any atom is 0.240 e. The van der Waals surface area contributed by atoms with Gasteiger partial charge >= 0.3 is 0 Å². The third-order valence-corrected chi connectivity index (χ3v) is 3.29. The molecule has 96 valence electrons. The quantitative estimate of drug-likeness (QED) is 0.822. The van der Waals surface area contributed by atoms with Gasteiger partial charge in [0, 0.05) is 6.54 Å². The molecular weight excluding hydrogens is 240 g/mol. The second-order valence-electron chi connectivity index (χ2n) is 4.75. The summed E-state index contributed by atoms with van der Waals surface area (Å²) in [5.41, 5.74) is 1.14. The van der Waals surface area contributed by atoms with Gasteiger partial charge in [-0.1, -0.05) is 42.5 Å². The molecule has 0 saturated carbocycles. The first-order chi connectivity index (χ1) is 9.22. The van der Waals surface area contributed by atoms with Crippen molar-refractivity contribution in [2.75, 3.05) is 13.1 Å². The number of fused-ring (bicyclic) bond motifs is 1. The second-order valence-corrected chi connectivity index (χ2v) is 4.75. The van der Waals surface area contributed by atoms with Crippen LogP contribution in [0.2, 0.25) is 0 Å². The lowest BCUT2D eigenvalue weighted by atomic mass is 10.0. The van der Waals surface area contributed by atoms with E-state index in [1.54, 1.807) is 0 Å². The van der Waals surface area contributed by atoms with Crippen LogP contribution < -0.4 is 5.32 Å². The predicted octanol–water partition coefficient (Wildman–Crippen LogP) is 1.30. The normalized spacial score (nSPS) is 16.6. The number of hydrogen-bond acceptors (Lipinski definition) is 3. The lowest BCUT2D eigenvalue weighted by Gasteiger charge is -2.25. The van der Waals surface area contributed by atoms with Crippen molar-refractivity contribution in [3.63, 3.8) is 0 Å². The van der Waals surface area contributed by atoms with Gasteiger partial charge in [-0.2, -0.15) is 0 Å². The number of piperazine rings is 1. The molecule has 1 fully saturated rings. The van der Waals surface area contributed by atoms with E-state index < -0.39 is 0 Å². The molecule has 19 heavy (non-hydrogen) atoms. The molecule has 1 aliphatic rings. The fraction of sp³-hybridized carbons (Fsp3) is 0.200. The first-order valence-corrected chi connectivity index (χ1v) is 6.24. The van der Waals surface area contributed by atoms with E-state index in [0.717, 1.165) is 5.56 Å². The van der Waals surface area contributed by atoms with Gasteiger partial charge in [-0.15, -0.1) is 0 Å². The summed E-state index contributed by atoms with van der Waals surface area (Å²) in [6.45, 7) is 1.16. The number of benzene rings is 2. The molecule has 4 nitrogen and oxygen atoms in total. The van der Waals surface area contributed by atoms with E-state index in [-0.39, 0.29) is 24.9 Å². The first kappa shape index (κ1) is 11.9. The van der Waals surface area contributed by atoms with Crippen LogP contribution in [0.15, 0.2) is 42.5 Å². The van der Waals surface area contributed by atoms with Crippen LogP contribution in [0.3, 0.4) is 0 Å². The Balaban J connectivity index is 1.89. The number of nitrogens with zero attached hydrogens (tertiary/aromatic N) is 1. The maximum atomic E-state index is 11.4. The Morgan fingerprint density at radius 3 is 2.42 bits per heavy atom. The zero-order valence-electron chi connectivity index (χ0n) is 10.4. The van der Waals surface area contributed by atoms with Crippen LogP contribution in [-0.2, 0) is 16.1 Å². The van der Waals surface area contributed by atoms with Gasteiger partial charge in [0.15, 0.2) is 0 Å². The zero-order chi connectivity index (χ0) is 13.2. The summed E-state index contributed by atoms with van der Waals surface area (Å²) in [5.74, 6) is -0.451. The monoisotopic (exact) mass is 254 g/mol. The average molecular weight is 254 g/mol. The Morgan fingerprint density at radius 2 is 1.63 bits per heavy atom. The lowest BCUT2D eigenvalue weighted by molar-refractivity contribution is -0.136. The van der Waals surface area contributed by atoms with E-state index in [2.05, 4.69) is 23.5 Å². The van der Waals surface area contributed by atoms with Gasteiger partial charge in [0.1, 0.15) is 0 Å². The van der Waals surface area contributed by atoms with Crippen LogP contribution in [0.5, 0.6) is 0 Å². The molecule has 0 bridgehead atoms. The van der Waals surface area contributed by atoms with Crippen molar-refractivity contribution in [1.29, 1.82) is 0 Å². The summed E-state index contributed by atoms with van der Waals surface area (Å²) in [5, 5.41) is 4.66. The molecule has 0 aliphatic carbocycles. The van der Waals surface area contributed by atoms with Gasteiger partial charge in [0.25, 0.3) is 0 Å². The summed E-state index contributed by atoms with van der Waals surface area (Å²) in [4.78, 5) is 24.6. The molecule has 4 heteroatoms. The van der Waals surface area contributed by atoms with Crippen LogP contribution in [0.1, 0.15) is 5.56 Å². The third kappa shape index (κ3) is 2.48. The fourth-order valence-corrected chi connectivity index (χ4v) is 2.48. The molecule has 2 aromatic rings.